The van der Waals surface area contributed by atoms with Gasteiger partial charge in [-0.2, -0.15) is 5.10 Å². The quantitative estimate of drug-likeness (QED) is 0.631. The second-order valence-electron chi connectivity index (χ2n) is 6.60. The molecule has 10 heteroatoms. The topological polar surface area (TPSA) is 91.7 Å². The second-order valence-corrected chi connectivity index (χ2v) is 7.85. The summed E-state index contributed by atoms with van der Waals surface area (Å²) >= 11 is 6.69. The van der Waals surface area contributed by atoms with Gasteiger partial charge in [0.2, 0.25) is 0 Å². The average Bonchev–Trinajstić information content (AvgIpc) is 3.35. The Labute approximate surface area is 171 Å². The van der Waals surface area contributed by atoms with Crippen LogP contribution in [0.2, 0.25) is 0 Å². The van der Waals surface area contributed by atoms with Gasteiger partial charge in [0.1, 0.15) is 5.82 Å². The number of amides is 2. The number of thiazole rings is 1. The van der Waals surface area contributed by atoms with Crippen LogP contribution in [0, 0.1) is 4.77 Å². The van der Waals surface area contributed by atoms with Gasteiger partial charge in [-0.1, -0.05) is 0 Å². The molecule has 1 saturated heterocycles. The molecule has 0 aromatic carbocycles. The molecule has 1 aliphatic rings. The van der Waals surface area contributed by atoms with Crippen LogP contribution in [0.5, 0.6) is 0 Å². The van der Waals surface area contributed by atoms with Gasteiger partial charge in [0, 0.05) is 48.9 Å². The number of piperidine rings is 1. The van der Waals surface area contributed by atoms with Gasteiger partial charge in [0.05, 0.1) is 5.69 Å². The third kappa shape index (κ3) is 3.83. The fraction of sp³-hybridized carbons (Fsp3) is 0.389. The minimum absolute atomic E-state index is 0.111. The van der Waals surface area contributed by atoms with Crippen LogP contribution in [-0.2, 0) is 6.54 Å². The molecule has 2 amide bonds. The maximum atomic E-state index is 12.6. The van der Waals surface area contributed by atoms with Crippen molar-refractivity contribution in [3.05, 3.63) is 40.5 Å². The zero-order valence-electron chi connectivity index (χ0n) is 15.5. The number of carbonyl (C=O) groups is 1. The number of aromatic nitrogens is 5. The summed E-state index contributed by atoms with van der Waals surface area (Å²) in [5.74, 6) is 1.31. The number of nitrogens with one attached hydrogen (secondary N) is 2. The molecule has 2 N–H and O–H groups in total. The van der Waals surface area contributed by atoms with Crippen molar-refractivity contribution < 1.29 is 4.79 Å². The average molecular weight is 416 g/mol. The number of aromatic amines is 1. The van der Waals surface area contributed by atoms with E-state index in [4.69, 9.17) is 12.2 Å². The molecule has 0 radical (unpaired) electrons. The lowest BCUT2D eigenvalue weighted by Crippen LogP contribution is -2.40. The van der Waals surface area contributed by atoms with E-state index in [1.54, 1.807) is 12.4 Å². The summed E-state index contributed by atoms with van der Waals surface area (Å²) < 4.78 is 2.69. The van der Waals surface area contributed by atoms with E-state index in [0.29, 0.717) is 28.9 Å². The Morgan fingerprint density at radius 1 is 1.43 bits per heavy atom. The van der Waals surface area contributed by atoms with Crippen LogP contribution in [0.1, 0.15) is 31.5 Å². The molecule has 146 valence electrons. The molecule has 0 spiro atoms. The van der Waals surface area contributed by atoms with E-state index in [1.165, 1.54) is 11.3 Å². The Morgan fingerprint density at radius 2 is 2.25 bits per heavy atom. The predicted molar refractivity (Wildman–Crippen MR) is 111 cm³/mol. The number of H-pyrrole nitrogens is 1. The summed E-state index contributed by atoms with van der Waals surface area (Å²) in [6.45, 7) is 4.22. The number of carbonyl (C=O) groups excluding carboxylic acids is 1. The zero-order chi connectivity index (χ0) is 19.5. The fourth-order valence-electron chi connectivity index (χ4n) is 3.44. The fourth-order valence-corrected chi connectivity index (χ4v) is 4.41. The summed E-state index contributed by atoms with van der Waals surface area (Å²) in [6.07, 6.45) is 5.22. The molecule has 0 saturated carbocycles. The predicted octanol–water partition coefficient (Wildman–Crippen LogP) is 3.89. The third-order valence-electron chi connectivity index (χ3n) is 4.93. The number of rotatable bonds is 4. The third-order valence-corrected chi connectivity index (χ3v) is 6.00. The highest BCUT2D eigenvalue weighted by Gasteiger charge is 2.27. The number of urea groups is 1. The number of hydrogen-bond acceptors (Lipinski definition) is 6. The van der Waals surface area contributed by atoms with Crippen molar-refractivity contribution in [2.24, 2.45) is 0 Å². The van der Waals surface area contributed by atoms with E-state index in [9.17, 15) is 4.79 Å². The minimum atomic E-state index is -0.111. The van der Waals surface area contributed by atoms with Crippen LogP contribution in [-0.4, -0.2) is 48.8 Å². The summed E-state index contributed by atoms with van der Waals surface area (Å²) in [5.41, 5.74) is 1.75. The molecule has 0 unspecified atom stereocenters. The van der Waals surface area contributed by atoms with E-state index < -0.39 is 0 Å². The van der Waals surface area contributed by atoms with Crippen molar-refractivity contribution in [2.75, 3.05) is 18.4 Å². The molecular weight excluding hydrogens is 394 g/mol. The van der Waals surface area contributed by atoms with Crippen molar-refractivity contribution in [2.45, 2.75) is 32.2 Å². The highest BCUT2D eigenvalue weighted by molar-refractivity contribution is 7.71. The Hall–Kier alpha value is -2.59. The lowest BCUT2D eigenvalue weighted by molar-refractivity contribution is 0.193. The second kappa shape index (κ2) is 8.19. The molecule has 0 atom stereocenters. The van der Waals surface area contributed by atoms with Gasteiger partial charge in [-0.05, 0) is 44.1 Å². The van der Waals surface area contributed by atoms with Gasteiger partial charge in [-0.3, -0.25) is 15.4 Å². The van der Waals surface area contributed by atoms with Crippen LogP contribution in [0.3, 0.4) is 0 Å². The molecule has 4 heterocycles. The van der Waals surface area contributed by atoms with E-state index >= 15 is 0 Å². The smallest absolute Gasteiger partial charge is 0.323 e. The Kier molecular flexibility index (Phi) is 5.49. The summed E-state index contributed by atoms with van der Waals surface area (Å²) in [7, 11) is 0. The number of hydrogen-bond donors (Lipinski definition) is 2. The van der Waals surface area contributed by atoms with E-state index in [0.717, 1.165) is 36.5 Å². The van der Waals surface area contributed by atoms with Crippen LogP contribution < -0.4 is 5.32 Å². The summed E-state index contributed by atoms with van der Waals surface area (Å²) in [4.78, 5) is 23.0. The van der Waals surface area contributed by atoms with Crippen molar-refractivity contribution in [3.63, 3.8) is 0 Å². The Balaban J connectivity index is 1.36. The molecule has 28 heavy (non-hydrogen) atoms. The van der Waals surface area contributed by atoms with Crippen molar-refractivity contribution in [1.82, 2.24) is 29.6 Å². The van der Waals surface area contributed by atoms with Crippen LogP contribution >= 0.6 is 23.6 Å². The molecule has 3 aromatic rings. The van der Waals surface area contributed by atoms with Crippen molar-refractivity contribution >= 4 is 34.7 Å². The number of nitrogens with zero attached hydrogens (tertiary/aromatic N) is 5. The SMILES string of the molecule is CCn1c(C2CCN(C(=O)Nc3nc(-c4cccnc4)cs3)CC2)n[nH]c1=S. The molecule has 8 nitrogen and oxygen atoms in total. The van der Waals surface area contributed by atoms with E-state index in [2.05, 4.69) is 32.4 Å². The Morgan fingerprint density at radius 3 is 2.96 bits per heavy atom. The van der Waals surface area contributed by atoms with Gasteiger partial charge >= 0.3 is 6.03 Å². The number of anilines is 1. The number of pyridine rings is 1. The van der Waals surface area contributed by atoms with Gasteiger partial charge in [-0.15, -0.1) is 11.3 Å². The molecule has 0 aliphatic carbocycles. The molecule has 1 aliphatic heterocycles. The van der Waals surface area contributed by atoms with Gasteiger partial charge in [-0.25, -0.2) is 9.78 Å². The van der Waals surface area contributed by atoms with Gasteiger partial charge < -0.3 is 9.47 Å². The monoisotopic (exact) mass is 415 g/mol. The lowest BCUT2D eigenvalue weighted by Gasteiger charge is -2.31. The van der Waals surface area contributed by atoms with E-state index in [-0.39, 0.29) is 6.03 Å². The molecule has 0 bridgehead atoms. The van der Waals surface area contributed by atoms with Crippen LogP contribution in [0.25, 0.3) is 11.3 Å². The standard InChI is InChI=1S/C18H21N7OS2/c1-2-25-15(22-23-18(25)27)12-5-8-24(9-6-12)17(26)21-16-20-14(11-28-16)13-4-3-7-19-10-13/h3-4,7,10-12H,2,5-6,8-9H2,1H3,(H,23,27)(H,20,21,26). The molecule has 3 aromatic heterocycles. The van der Waals surface area contributed by atoms with Gasteiger partial charge in [0.25, 0.3) is 0 Å². The number of likely N-dealkylation sites (tertiary alicyclic amines) is 1. The maximum Gasteiger partial charge on any atom is 0.323 e. The normalized spacial score (nSPS) is 15.0. The largest absolute Gasteiger partial charge is 0.324 e. The first-order valence-corrected chi connectivity index (χ1v) is 10.5. The first-order chi connectivity index (χ1) is 13.7. The van der Waals surface area contributed by atoms with Crippen LogP contribution in [0.15, 0.2) is 29.9 Å². The molecular formula is C18H21N7OS2. The molecule has 4 rings (SSSR count). The zero-order valence-corrected chi connectivity index (χ0v) is 17.1. The van der Waals surface area contributed by atoms with E-state index in [1.807, 2.05) is 27.0 Å². The van der Waals surface area contributed by atoms with Gasteiger partial charge in [0.15, 0.2) is 9.90 Å². The maximum absolute atomic E-state index is 12.6. The van der Waals surface area contributed by atoms with Crippen molar-refractivity contribution in [1.29, 1.82) is 0 Å². The lowest BCUT2D eigenvalue weighted by atomic mass is 9.96. The first kappa shape index (κ1) is 18.8. The Bertz CT molecular complexity index is 1000. The minimum Gasteiger partial charge on any atom is -0.324 e. The first-order valence-electron chi connectivity index (χ1n) is 9.22. The summed E-state index contributed by atoms with van der Waals surface area (Å²) in [6, 6.07) is 3.71. The highest BCUT2D eigenvalue weighted by atomic mass is 32.1. The van der Waals surface area contributed by atoms with Crippen molar-refractivity contribution in [3.8, 4) is 11.3 Å². The highest BCUT2D eigenvalue weighted by Crippen LogP contribution is 2.28. The molecule has 1 fully saturated rings. The summed E-state index contributed by atoms with van der Waals surface area (Å²) in [5, 5.41) is 12.7. The van der Waals surface area contributed by atoms with Crippen LogP contribution in [0.4, 0.5) is 9.93 Å².